The third-order valence-electron chi connectivity index (χ3n) is 2.43. The van der Waals surface area contributed by atoms with Crippen molar-refractivity contribution in [1.29, 1.82) is 0 Å². The van der Waals surface area contributed by atoms with E-state index in [2.05, 4.69) is 9.97 Å². The van der Waals surface area contributed by atoms with E-state index in [1.165, 1.54) is 4.88 Å². The third kappa shape index (κ3) is 2.94. The molecule has 0 fully saturated rings. The van der Waals surface area contributed by atoms with Crippen LogP contribution in [-0.2, 0) is 6.42 Å². The zero-order valence-electron chi connectivity index (χ0n) is 9.93. The molecule has 4 nitrogen and oxygen atoms in total. The Morgan fingerprint density at radius 1 is 1.35 bits per heavy atom. The predicted molar refractivity (Wildman–Crippen MR) is 69.4 cm³/mol. The molecule has 0 radical (unpaired) electrons. The number of pyridine rings is 1. The number of ether oxygens (including phenoxy) is 1. The molecule has 0 aliphatic carbocycles. The van der Waals surface area contributed by atoms with Gasteiger partial charge in [-0.05, 0) is 25.5 Å². The van der Waals surface area contributed by atoms with Crippen LogP contribution in [0.4, 0.5) is 5.69 Å². The van der Waals surface area contributed by atoms with Gasteiger partial charge in [-0.25, -0.2) is 9.97 Å². The van der Waals surface area contributed by atoms with Gasteiger partial charge in [0.05, 0.1) is 23.5 Å². The first-order valence-corrected chi connectivity index (χ1v) is 6.28. The lowest BCUT2D eigenvalue weighted by atomic mass is 10.3. The third-order valence-corrected chi connectivity index (χ3v) is 3.42. The maximum atomic E-state index is 5.81. The molecule has 2 N–H and O–H groups in total. The highest BCUT2D eigenvalue weighted by Crippen LogP contribution is 2.19. The lowest BCUT2D eigenvalue weighted by Crippen LogP contribution is -2.05. The number of nitrogen functional groups attached to an aromatic ring is 1. The van der Waals surface area contributed by atoms with Gasteiger partial charge in [0.2, 0.25) is 5.88 Å². The highest BCUT2D eigenvalue weighted by atomic mass is 32.1. The van der Waals surface area contributed by atoms with E-state index in [4.69, 9.17) is 10.5 Å². The van der Waals surface area contributed by atoms with Crippen molar-refractivity contribution in [2.24, 2.45) is 0 Å². The van der Waals surface area contributed by atoms with Crippen LogP contribution in [0.5, 0.6) is 5.88 Å². The summed E-state index contributed by atoms with van der Waals surface area (Å²) in [5, 5.41) is 0. The van der Waals surface area contributed by atoms with Crippen molar-refractivity contribution in [2.75, 3.05) is 12.3 Å². The molecule has 0 saturated carbocycles. The Morgan fingerprint density at radius 3 is 2.82 bits per heavy atom. The summed E-state index contributed by atoms with van der Waals surface area (Å²) in [5.74, 6) is 0.512. The molecule has 0 amide bonds. The predicted octanol–water partition coefficient (Wildman–Crippen LogP) is 2.36. The fraction of sp³-hybridized carbons (Fsp3) is 0.333. The number of hydrogen-bond donors (Lipinski definition) is 1. The molecular formula is C12H15N3OS. The normalized spacial score (nSPS) is 10.5. The number of anilines is 1. The first-order valence-electron chi connectivity index (χ1n) is 5.40. The largest absolute Gasteiger partial charge is 0.476 e. The van der Waals surface area contributed by atoms with Gasteiger partial charge in [-0.3, -0.25) is 0 Å². The van der Waals surface area contributed by atoms with E-state index in [1.54, 1.807) is 17.5 Å². The minimum atomic E-state index is 0.512. The molecule has 2 heterocycles. The van der Waals surface area contributed by atoms with Gasteiger partial charge >= 0.3 is 0 Å². The van der Waals surface area contributed by atoms with E-state index in [0.29, 0.717) is 18.2 Å². The fourth-order valence-corrected chi connectivity index (χ4v) is 2.27. The second-order valence-corrected chi connectivity index (χ2v) is 4.81. The first kappa shape index (κ1) is 11.9. The van der Waals surface area contributed by atoms with Crippen LogP contribution in [0.2, 0.25) is 0 Å². The molecule has 0 atom stereocenters. The molecule has 2 aromatic rings. The van der Waals surface area contributed by atoms with E-state index in [1.807, 2.05) is 25.4 Å². The minimum Gasteiger partial charge on any atom is -0.476 e. The van der Waals surface area contributed by atoms with Crippen LogP contribution in [0.25, 0.3) is 0 Å². The Hall–Kier alpha value is -1.62. The average Bonchev–Trinajstić information content (AvgIpc) is 2.68. The van der Waals surface area contributed by atoms with Crippen LogP contribution in [-0.4, -0.2) is 16.6 Å². The van der Waals surface area contributed by atoms with Gasteiger partial charge in [0.25, 0.3) is 0 Å². The summed E-state index contributed by atoms with van der Waals surface area (Å²) >= 11 is 1.65. The van der Waals surface area contributed by atoms with Gasteiger partial charge in [0.15, 0.2) is 0 Å². The van der Waals surface area contributed by atoms with E-state index < -0.39 is 0 Å². The fourth-order valence-electron chi connectivity index (χ4n) is 1.51. The lowest BCUT2D eigenvalue weighted by molar-refractivity contribution is 0.312. The number of aromatic nitrogens is 2. The molecule has 90 valence electrons. The molecule has 0 aliphatic heterocycles. The molecule has 2 aromatic heterocycles. The molecule has 5 heteroatoms. The monoisotopic (exact) mass is 249 g/mol. The van der Waals surface area contributed by atoms with Gasteiger partial charge in [-0.15, -0.1) is 11.3 Å². The average molecular weight is 249 g/mol. The van der Waals surface area contributed by atoms with Crippen LogP contribution in [0.3, 0.4) is 0 Å². The smallest absolute Gasteiger partial charge is 0.237 e. The Kier molecular flexibility index (Phi) is 3.58. The zero-order valence-corrected chi connectivity index (χ0v) is 10.8. The molecule has 0 aromatic carbocycles. The molecule has 0 bridgehead atoms. The van der Waals surface area contributed by atoms with Crippen molar-refractivity contribution < 1.29 is 4.74 Å². The minimum absolute atomic E-state index is 0.512. The van der Waals surface area contributed by atoms with Crippen LogP contribution < -0.4 is 10.5 Å². The SMILES string of the molecule is Cc1cnc(OCCc2scnc2C)c(N)c1. The summed E-state index contributed by atoms with van der Waals surface area (Å²) in [7, 11) is 0. The van der Waals surface area contributed by atoms with Crippen molar-refractivity contribution in [1.82, 2.24) is 9.97 Å². The maximum Gasteiger partial charge on any atom is 0.237 e. The van der Waals surface area contributed by atoms with Crippen molar-refractivity contribution >= 4 is 17.0 Å². The van der Waals surface area contributed by atoms with Gasteiger partial charge < -0.3 is 10.5 Å². The number of hydrogen-bond acceptors (Lipinski definition) is 5. The molecule has 0 spiro atoms. The molecule has 17 heavy (non-hydrogen) atoms. The highest BCUT2D eigenvalue weighted by molar-refractivity contribution is 7.09. The molecule has 2 rings (SSSR count). The number of nitrogens with two attached hydrogens (primary N) is 1. The van der Waals surface area contributed by atoms with Gasteiger partial charge in [-0.1, -0.05) is 0 Å². The number of aryl methyl sites for hydroxylation is 2. The number of nitrogens with zero attached hydrogens (tertiary/aromatic N) is 2. The molecule has 0 saturated heterocycles. The highest BCUT2D eigenvalue weighted by Gasteiger charge is 2.04. The number of thiazole rings is 1. The van der Waals surface area contributed by atoms with E-state index in [0.717, 1.165) is 17.7 Å². The summed E-state index contributed by atoms with van der Waals surface area (Å²) in [5.41, 5.74) is 10.4. The van der Waals surface area contributed by atoms with E-state index >= 15 is 0 Å². The Labute approximate surface area is 104 Å². The summed E-state index contributed by atoms with van der Waals surface area (Å²) < 4.78 is 5.56. The molecular weight excluding hydrogens is 234 g/mol. The topological polar surface area (TPSA) is 61.0 Å². The van der Waals surface area contributed by atoms with E-state index in [9.17, 15) is 0 Å². The Bertz CT molecular complexity index is 510. The van der Waals surface area contributed by atoms with Crippen LogP contribution >= 0.6 is 11.3 Å². The van der Waals surface area contributed by atoms with Crippen molar-refractivity contribution in [3.05, 3.63) is 33.9 Å². The first-order chi connectivity index (χ1) is 8.16. The van der Waals surface area contributed by atoms with Crippen molar-refractivity contribution in [2.45, 2.75) is 20.3 Å². The van der Waals surface area contributed by atoms with Gasteiger partial charge in [0.1, 0.15) is 0 Å². The molecule has 0 aliphatic rings. The van der Waals surface area contributed by atoms with Crippen LogP contribution in [0.15, 0.2) is 17.8 Å². The Morgan fingerprint density at radius 2 is 2.18 bits per heavy atom. The summed E-state index contributed by atoms with van der Waals surface area (Å²) in [6.07, 6.45) is 2.59. The second-order valence-electron chi connectivity index (χ2n) is 3.87. The van der Waals surface area contributed by atoms with Crippen LogP contribution in [0.1, 0.15) is 16.1 Å². The van der Waals surface area contributed by atoms with Gasteiger partial charge in [-0.2, -0.15) is 0 Å². The van der Waals surface area contributed by atoms with Crippen molar-refractivity contribution in [3.63, 3.8) is 0 Å². The van der Waals surface area contributed by atoms with Gasteiger partial charge in [0, 0.05) is 17.5 Å². The summed E-state index contributed by atoms with van der Waals surface area (Å²) in [4.78, 5) is 9.60. The standard InChI is InChI=1S/C12H15N3OS/c1-8-5-10(13)12(14-6-8)16-4-3-11-9(2)15-7-17-11/h5-7H,3-4,13H2,1-2H3. The zero-order chi connectivity index (χ0) is 12.3. The molecule has 0 unspecified atom stereocenters. The maximum absolute atomic E-state index is 5.81. The summed E-state index contributed by atoms with van der Waals surface area (Å²) in [6, 6.07) is 1.86. The number of rotatable bonds is 4. The lowest BCUT2D eigenvalue weighted by Gasteiger charge is -2.07. The quantitative estimate of drug-likeness (QED) is 0.903. The van der Waals surface area contributed by atoms with E-state index in [-0.39, 0.29) is 0 Å². The Balaban J connectivity index is 1.92. The van der Waals surface area contributed by atoms with Crippen LogP contribution in [0, 0.1) is 13.8 Å². The van der Waals surface area contributed by atoms with Crippen molar-refractivity contribution in [3.8, 4) is 5.88 Å². The second kappa shape index (κ2) is 5.14. The summed E-state index contributed by atoms with van der Waals surface area (Å²) in [6.45, 7) is 4.53.